The number of aromatic carboxylic acids is 1. The Kier molecular flexibility index (Phi) is 3.10. The maximum atomic E-state index is 13.6. The number of aromatic nitrogens is 1. The van der Waals surface area contributed by atoms with Crippen LogP contribution >= 0.6 is 0 Å². The van der Waals surface area contributed by atoms with Gasteiger partial charge in [0.1, 0.15) is 17.3 Å². The SMILES string of the molecule is CCc1c(-c2cc(F)ccc2F)noc1C(=O)O. The van der Waals surface area contributed by atoms with Crippen molar-refractivity contribution in [2.75, 3.05) is 0 Å². The first-order valence-corrected chi connectivity index (χ1v) is 5.21. The zero-order valence-electron chi connectivity index (χ0n) is 9.41. The number of carboxylic acids is 1. The Labute approximate surface area is 101 Å². The van der Waals surface area contributed by atoms with E-state index in [-0.39, 0.29) is 29.0 Å². The lowest BCUT2D eigenvalue weighted by Gasteiger charge is -2.01. The topological polar surface area (TPSA) is 63.3 Å². The molecule has 0 fully saturated rings. The molecule has 18 heavy (non-hydrogen) atoms. The standard InChI is InChI=1S/C12H9F2NO3/c1-2-7-10(15-18-11(7)12(16)17)8-5-6(13)3-4-9(8)14/h3-5H,2H2,1H3,(H,16,17). The van der Waals surface area contributed by atoms with Crippen LogP contribution in [-0.4, -0.2) is 16.2 Å². The summed E-state index contributed by atoms with van der Waals surface area (Å²) in [5, 5.41) is 12.4. The summed E-state index contributed by atoms with van der Waals surface area (Å²) in [5.41, 5.74) is 0.155. The minimum absolute atomic E-state index is 0.0203. The highest BCUT2D eigenvalue weighted by Crippen LogP contribution is 2.28. The van der Waals surface area contributed by atoms with Gasteiger partial charge in [-0.3, -0.25) is 0 Å². The molecule has 1 aromatic heterocycles. The number of hydrogen-bond acceptors (Lipinski definition) is 3. The number of carboxylic acid groups (broad SMARTS) is 1. The van der Waals surface area contributed by atoms with Gasteiger partial charge >= 0.3 is 5.97 Å². The molecule has 0 atom stereocenters. The summed E-state index contributed by atoms with van der Waals surface area (Å²) in [6, 6.07) is 2.89. The van der Waals surface area contributed by atoms with Crippen molar-refractivity contribution in [1.29, 1.82) is 0 Å². The minimum Gasteiger partial charge on any atom is -0.475 e. The smallest absolute Gasteiger partial charge is 0.375 e. The summed E-state index contributed by atoms with van der Waals surface area (Å²) in [6.45, 7) is 1.68. The molecule has 94 valence electrons. The molecule has 0 saturated carbocycles. The van der Waals surface area contributed by atoms with Gasteiger partial charge in [0.2, 0.25) is 5.76 Å². The Morgan fingerprint density at radius 1 is 1.44 bits per heavy atom. The van der Waals surface area contributed by atoms with Gasteiger partial charge < -0.3 is 9.63 Å². The third-order valence-corrected chi connectivity index (χ3v) is 2.52. The molecule has 0 unspecified atom stereocenters. The lowest BCUT2D eigenvalue weighted by molar-refractivity contribution is 0.0650. The molecule has 6 heteroatoms. The Hall–Kier alpha value is -2.24. The molecular weight excluding hydrogens is 244 g/mol. The van der Waals surface area contributed by atoms with E-state index < -0.39 is 17.6 Å². The van der Waals surface area contributed by atoms with Crippen molar-refractivity contribution < 1.29 is 23.2 Å². The van der Waals surface area contributed by atoms with Crippen LogP contribution < -0.4 is 0 Å². The molecule has 0 aliphatic rings. The summed E-state index contributed by atoms with van der Waals surface area (Å²) < 4.78 is 31.3. The Balaban J connectivity index is 2.64. The van der Waals surface area contributed by atoms with Gasteiger partial charge in [-0.15, -0.1) is 0 Å². The molecule has 0 saturated heterocycles. The zero-order valence-corrected chi connectivity index (χ0v) is 9.41. The van der Waals surface area contributed by atoms with E-state index in [1.165, 1.54) is 0 Å². The van der Waals surface area contributed by atoms with E-state index in [0.29, 0.717) is 0 Å². The van der Waals surface area contributed by atoms with Crippen LogP contribution in [0.4, 0.5) is 8.78 Å². The first kappa shape index (κ1) is 12.2. The predicted octanol–water partition coefficient (Wildman–Crippen LogP) is 2.88. The Morgan fingerprint density at radius 3 is 2.78 bits per heavy atom. The van der Waals surface area contributed by atoms with Gasteiger partial charge in [0.15, 0.2) is 0 Å². The molecule has 0 aliphatic carbocycles. The highest BCUT2D eigenvalue weighted by molar-refractivity contribution is 5.88. The molecule has 1 N–H and O–H groups in total. The maximum Gasteiger partial charge on any atom is 0.375 e. The largest absolute Gasteiger partial charge is 0.475 e. The minimum atomic E-state index is -1.29. The Bertz CT molecular complexity index is 607. The second kappa shape index (κ2) is 4.56. The van der Waals surface area contributed by atoms with E-state index in [1.54, 1.807) is 6.92 Å². The van der Waals surface area contributed by atoms with E-state index in [4.69, 9.17) is 5.11 Å². The van der Waals surface area contributed by atoms with E-state index in [2.05, 4.69) is 9.68 Å². The first-order valence-electron chi connectivity index (χ1n) is 5.21. The molecule has 1 aromatic carbocycles. The molecule has 2 aromatic rings. The van der Waals surface area contributed by atoms with Gasteiger partial charge in [-0.25, -0.2) is 13.6 Å². The van der Waals surface area contributed by atoms with Crippen LogP contribution in [0.1, 0.15) is 23.0 Å². The molecule has 1 heterocycles. The van der Waals surface area contributed by atoms with Crippen molar-refractivity contribution in [1.82, 2.24) is 5.16 Å². The van der Waals surface area contributed by atoms with Crippen molar-refractivity contribution in [3.63, 3.8) is 0 Å². The lowest BCUT2D eigenvalue weighted by atomic mass is 10.0. The fraction of sp³-hybridized carbons (Fsp3) is 0.167. The molecule has 0 amide bonds. The van der Waals surface area contributed by atoms with Crippen LogP contribution in [0.15, 0.2) is 22.7 Å². The van der Waals surface area contributed by atoms with Gasteiger partial charge in [0.25, 0.3) is 0 Å². The summed E-state index contributed by atoms with van der Waals surface area (Å²) in [6.07, 6.45) is 0.288. The summed E-state index contributed by atoms with van der Waals surface area (Å²) in [7, 11) is 0. The van der Waals surface area contributed by atoms with Gasteiger partial charge in [0, 0.05) is 11.1 Å². The van der Waals surface area contributed by atoms with Crippen LogP contribution in [0.3, 0.4) is 0 Å². The number of carbonyl (C=O) groups is 1. The number of hydrogen-bond donors (Lipinski definition) is 1. The number of benzene rings is 1. The van der Waals surface area contributed by atoms with Crippen molar-refractivity contribution in [3.8, 4) is 11.3 Å². The third kappa shape index (κ3) is 1.97. The summed E-state index contributed by atoms with van der Waals surface area (Å²) in [4.78, 5) is 10.9. The van der Waals surface area contributed by atoms with Crippen molar-refractivity contribution in [2.45, 2.75) is 13.3 Å². The first-order chi connectivity index (χ1) is 8.54. The van der Waals surface area contributed by atoms with Gasteiger partial charge in [-0.1, -0.05) is 12.1 Å². The van der Waals surface area contributed by atoms with E-state index >= 15 is 0 Å². The fourth-order valence-corrected chi connectivity index (χ4v) is 1.70. The van der Waals surface area contributed by atoms with Crippen LogP contribution in [0.5, 0.6) is 0 Å². The van der Waals surface area contributed by atoms with Crippen LogP contribution in [0, 0.1) is 11.6 Å². The van der Waals surface area contributed by atoms with Crippen LogP contribution in [-0.2, 0) is 6.42 Å². The number of nitrogens with zero attached hydrogens (tertiary/aromatic N) is 1. The highest BCUT2D eigenvalue weighted by atomic mass is 19.1. The molecule has 0 radical (unpaired) electrons. The number of halogens is 2. The molecule has 0 spiro atoms. The second-order valence-electron chi connectivity index (χ2n) is 3.62. The fourth-order valence-electron chi connectivity index (χ4n) is 1.70. The van der Waals surface area contributed by atoms with E-state index in [0.717, 1.165) is 18.2 Å². The lowest BCUT2D eigenvalue weighted by Crippen LogP contribution is -1.99. The van der Waals surface area contributed by atoms with Gasteiger partial charge in [-0.05, 0) is 24.6 Å². The summed E-state index contributed by atoms with van der Waals surface area (Å²) >= 11 is 0. The quantitative estimate of drug-likeness (QED) is 0.913. The highest BCUT2D eigenvalue weighted by Gasteiger charge is 2.23. The van der Waals surface area contributed by atoms with Crippen molar-refractivity contribution in [3.05, 3.63) is 41.2 Å². The molecule has 0 aliphatic heterocycles. The molecule has 4 nitrogen and oxygen atoms in total. The van der Waals surface area contributed by atoms with Crippen LogP contribution in [0.2, 0.25) is 0 Å². The Morgan fingerprint density at radius 2 is 2.17 bits per heavy atom. The van der Waals surface area contributed by atoms with Crippen molar-refractivity contribution in [2.24, 2.45) is 0 Å². The van der Waals surface area contributed by atoms with Gasteiger partial charge in [0.05, 0.1) is 0 Å². The normalized spacial score (nSPS) is 10.6. The molecular formula is C12H9F2NO3. The van der Waals surface area contributed by atoms with E-state index in [9.17, 15) is 13.6 Å². The summed E-state index contributed by atoms with van der Waals surface area (Å²) in [5.74, 6) is -2.96. The third-order valence-electron chi connectivity index (χ3n) is 2.52. The molecule has 0 bridgehead atoms. The monoisotopic (exact) mass is 253 g/mol. The zero-order chi connectivity index (χ0) is 13.3. The molecule has 2 rings (SSSR count). The second-order valence-corrected chi connectivity index (χ2v) is 3.62. The predicted molar refractivity (Wildman–Crippen MR) is 58.2 cm³/mol. The maximum absolute atomic E-state index is 13.6. The number of rotatable bonds is 3. The average molecular weight is 253 g/mol. The van der Waals surface area contributed by atoms with Crippen molar-refractivity contribution >= 4 is 5.97 Å². The van der Waals surface area contributed by atoms with E-state index in [1.807, 2.05) is 0 Å². The average Bonchev–Trinajstić information content (AvgIpc) is 2.75. The van der Waals surface area contributed by atoms with Gasteiger partial charge in [-0.2, -0.15) is 0 Å². The van der Waals surface area contributed by atoms with Crippen LogP contribution in [0.25, 0.3) is 11.3 Å².